The van der Waals surface area contributed by atoms with Gasteiger partial charge in [-0.05, 0) is 12.1 Å². The zero-order valence-electron chi connectivity index (χ0n) is 12.2. The molecule has 0 saturated carbocycles. The number of carbonyl (C=O) groups excluding carboxylic acids is 3. The fourth-order valence-corrected chi connectivity index (χ4v) is 2.87. The summed E-state index contributed by atoms with van der Waals surface area (Å²) in [5.41, 5.74) is 0.497. The van der Waals surface area contributed by atoms with E-state index in [-0.39, 0.29) is 30.6 Å². The summed E-state index contributed by atoms with van der Waals surface area (Å²) in [4.78, 5) is 40.1. The molecule has 0 bridgehead atoms. The third-order valence-electron chi connectivity index (χ3n) is 4.03. The van der Waals surface area contributed by atoms with Gasteiger partial charge in [-0.1, -0.05) is 18.2 Å². The molecule has 0 N–H and O–H groups in total. The lowest BCUT2D eigenvalue weighted by molar-refractivity contribution is -0.139. The Kier molecular flexibility index (Phi) is 4.20. The van der Waals surface area contributed by atoms with Gasteiger partial charge in [-0.3, -0.25) is 14.4 Å². The zero-order valence-corrected chi connectivity index (χ0v) is 12.2. The number of ketones is 1. The van der Waals surface area contributed by atoms with Crippen LogP contribution in [0.1, 0.15) is 16.8 Å². The van der Waals surface area contributed by atoms with E-state index in [9.17, 15) is 14.4 Å². The number of benzene rings is 1. The van der Waals surface area contributed by atoms with Crippen molar-refractivity contribution in [2.45, 2.75) is 12.5 Å². The third kappa shape index (κ3) is 2.87. The fourth-order valence-electron chi connectivity index (χ4n) is 2.87. The summed E-state index contributed by atoms with van der Waals surface area (Å²) >= 11 is 0. The normalized spacial score (nSPS) is 22.0. The number of Topliss-reactive ketones (excluding diaryl/α,β-unsaturated/α-hetero) is 1. The monoisotopic (exact) mass is 302 g/mol. The molecule has 0 spiro atoms. The van der Waals surface area contributed by atoms with E-state index in [0.29, 0.717) is 31.9 Å². The largest absolute Gasteiger partial charge is 0.378 e. The Morgan fingerprint density at radius 2 is 1.77 bits per heavy atom. The summed E-state index contributed by atoms with van der Waals surface area (Å²) in [6.45, 7) is 2.03. The second kappa shape index (κ2) is 6.27. The van der Waals surface area contributed by atoms with Crippen molar-refractivity contribution in [2.75, 3.05) is 32.8 Å². The summed E-state index contributed by atoms with van der Waals surface area (Å²) in [6.07, 6.45) is 0.106. The average molecular weight is 302 g/mol. The highest BCUT2D eigenvalue weighted by atomic mass is 16.5. The number of nitrogens with zero attached hydrogens (tertiary/aromatic N) is 2. The number of likely N-dealkylation sites (tertiary alicyclic amines) is 1. The highest BCUT2D eigenvalue weighted by Crippen LogP contribution is 2.20. The Morgan fingerprint density at radius 1 is 1.09 bits per heavy atom. The van der Waals surface area contributed by atoms with E-state index < -0.39 is 6.04 Å². The third-order valence-corrected chi connectivity index (χ3v) is 4.03. The van der Waals surface area contributed by atoms with E-state index in [4.69, 9.17) is 4.74 Å². The number of ether oxygens (including phenoxy) is 1. The molecule has 2 heterocycles. The van der Waals surface area contributed by atoms with Crippen LogP contribution in [0.3, 0.4) is 0 Å². The predicted octanol–water partition coefficient (Wildman–Crippen LogP) is 0.329. The quantitative estimate of drug-likeness (QED) is 0.789. The van der Waals surface area contributed by atoms with Crippen molar-refractivity contribution in [3.8, 4) is 0 Å². The Balaban J connectivity index is 1.78. The van der Waals surface area contributed by atoms with Gasteiger partial charge >= 0.3 is 0 Å². The van der Waals surface area contributed by atoms with Crippen molar-refractivity contribution >= 4 is 17.6 Å². The van der Waals surface area contributed by atoms with Gasteiger partial charge in [0.2, 0.25) is 5.91 Å². The van der Waals surface area contributed by atoms with Crippen LogP contribution in [0.2, 0.25) is 0 Å². The highest BCUT2D eigenvalue weighted by Gasteiger charge is 2.41. The van der Waals surface area contributed by atoms with Gasteiger partial charge in [0.1, 0.15) is 6.04 Å². The van der Waals surface area contributed by atoms with E-state index in [0.717, 1.165) is 0 Å². The van der Waals surface area contributed by atoms with Gasteiger partial charge in [0.05, 0.1) is 19.8 Å². The minimum absolute atomic E-state index is 0.00841. The number of hydrogen-bond acceptors (Lipinski definition) is 4. The van der Waals surface area contributed by atoms with Gasteiger partial charge < -0.3 is 14.5 Å². The molecular formula is C16H18N2O4. The lowest BCUT2D eigenvalue weighted by atomic mass is 10.1. The first-order chi connectivity index (χ1) is 10.7. The molecule has 2 saturated heterocycles. The van der Waals surface area contributed by atoms with Crippen molar-refractivity contribution in [3.05, 3.63) is 35.9 Å². The molecule has 0 aliphatic carbocycles. The lowest BCUT2D eigenvalue weighted by Gasteiger charge is -2.32. The molecule has 116 valence electrons. The first kappa shape index (κ1) is 14.7. The van der Waals surface area contributed by atoms with Crippen molar-refractivity contribution < 1.29 is 19.1 Å². The van der Waals surface area contributed by atoms with Crippen LogP contribution >= 0.6 is 0 Å². The molecule has 0 radical (unpaired) electrons. The molecule has 22 heavy (non-hydrogen) atoms. The number of morpholine rings is 1. The Bertz CT molecular complexity index is 581. The summed E-state index contributed by atoms with van der Waals surface area (Å²) in [5.74, 6) is -0.493. The van der Waals surface area contributed by atoms with Crippen LogP contribution < -0.4 is 0 Å². The summed E-state index contributed by atoms with van der Waals surface area (Å²) in [7, 11) is 0. The molecule has 1 aromatic carbocycles. The Hall–Kier alpha value is -2.21. The summed E-state index contributed by atoms with van der Waals surface area (Å²) < 4.78 is 5.24. The molecule has 6 nitrogen and oxygen atoms in total. The summed E-state index contributed by atoms with van der Waals surface area (Å²) in [6, 6.07) is 8.07. The second-order valence-electron chi connectivity index (χ2n) is 5.50. The van der Waals surface area contributed by atoms with E-state index in [1.165, 1.54) is 4.90 Å². The van der Waals surface area contributed by atoms with Crippen LogP contribution in [-0.2, 0) is 14.3 Å². The Morgan fingerprint density at radius 3 is 2.45 bits per heavy atom. The maximum absolute atomic E-state index is 12.6. The van der Waals surface area contributed by atoms with Gasteiger partial charge in [0.25, 0.3) is 5.91 Å². The maximum Gasteiger partial charge on any atom is 0.254 e. The van der Waals surface area contributed by atoms with Crippen molar-refractivity contribution in [1.29, 1.82) is 0 Å². The molecule has 6 heteroatoms. The smallest absolute Gasteiger partial charge is 0.254 e. The maximum atomic E-state index is 12.6. The minimum Gasteiger partial charge on any atom is -0.378 e. The topological polar surface area (TPSA) is 66.9 Å². The molecule has 0 unspecified atom stereocenters. The van der Waals surface area contributed by atoms with Crippen LogP contribution in [-0.4, -0.2) is 66.3 Å². The van der Waals surface area contributed by atoms with Gasteiger partial charge in [-0.2, -0.15) is 0 Å². The number of hydrogen-bond donors (Lipinski definition) is 0. The number of amides is 2. The van der Waals surface area contributed by atoms with Crippen LogP contribution in [0.4, 0.5) is 0 Å². The van der Waals surface area contributed by atoms with E-state index >= 15 is 0 Å². The van der Waals surface area contributed by atoms with E-state index in [1.54, 1.807) is 29.2 Å². The molecule has 2 amide bonds. The molecule has 2 aliphatic rings. The van der Waals surface area contributed by atoms with Crippen LogP contribution in [0, 0.1) is 0 Å². The van der Waals surface area contributed by atoms with Gasteiger partial charge in [0.15, 0.2) is 5.78 Å². The molecule has 2 aliphatic heterocycles. The van der Waals surface area contributed by atoms with Gasteiger partial charge in [0, 0.05) is 25.1 Å². The van der Waals surface area contributed by atoms with Crippen LogP contribution in [0.15, 0.2) is 30.3 Å². The number of carbonyl (C=O) groups is 3. The SMILES string of the molecule is O=C1C[C@@H](C(=O)N2CCOCC2)N(C(=O)c2ccccc2)C1. The van der Waals surface area contributed by atoms with E-state index in [2.05, 4.69) is 0 Å². The lowest BCUT2D eigenvalue weighted by Crippen LogP contribution is -2.51. The standard InChI is InChI=1S/C16H18N2O4/c19-13-10-14(16(21)17-6-8-22-9-7-17)18(11-13)15(20)12-4-2-1-3-5-12/h1-5,14H,6-11H2/t14-/m0/s1. The molecule has 2 fully saturated rings. The molecule has 1 atom stereocenters. The molecular weight excluding hydrogens is 284 g/mol. The average Bonchev–Trinajstić information content (AvgIpc) is 2.97. The fraction of sp³-hybridized carbons (Fsp3) is 0.438. The predicted molar refractivity (Wildman–Crippen MR) is 78.3 cm³/mol. The second-order valence-corrected chi connectivity index (χ2v) is 5.50. The van der Waals surface area contributed by atoms with Crippen LogP contribution in [0.25, 0.3) is 0 Å². The molecule has 0 aromatic heterocycles. The minimum atomic E-state index is -0.682. The van der Waals surface area contributed by atoms with E-state index in [1.807, 2.05) is 6.07 Å². The molecule has 3 rings (SSSR count). The summed E-state index contributed by atoms with van der Waals surface area (Å²) in [5, 5.41) is 0. The van der Waals surface area contributed by atoms with Crippen LogP contribution in [0.5, 0.6) is 0 Å². The number of rotatable bonds is 2. The van der Waals surface area contributed by atoms with Crippen molar-refractivity contribution in [1.82, 2.24) is 9.80 Å². The first-order valence-corrected chi connectivity index (χ1v) is 7.41. The van der Waals surface area contributed by atoms with Crippen molar-refractivity contribution in [2.24, 2.45) is 0 Å². The van der Waals surface area contributed by atoms with Gasteiger partial charge in [-0.25, -0.2) is 0 Å². The molecule has 1 aromatic rings. The first-order valence-electron chi connectivity index (χ1n) is 7.41. The Labute approximate surface area is 128 Å². The highest BCUT2D eigenvalue weighted by molar-refractivity contribution is 6.04. The zero-order chi connectivity index (χ0) is 15.5. The van der Waals surface area contributed by atoms with Gasteiger partial charge in [-0.15, -0.1) is 0 Å². The van der Waals surface area contributed by atoms with Crippen molar-refractivity contribution in [3.63, 3.8) is 0 Å².